The third-order valence-electron chi connectivity index (χ3n) is 3.94. The van der Waals surface area contributed by atoms with Crippen molar-refractivity contribution >= 4 is 16.0 Å². The highest BCUT2D eigenvalue weighted by atomic mass is 32.2. The van der Waals surface area contributed by atoms with Gasteiger partial charge in [0.1, 0.15) is 6.54 Å². The number of benzene rings is 2. The average molecular weight is 401 g/mol. The Morgan fingerprint density at radius 3 is 2.46 bits per heavy atom. The lowest BCUT2D eigenvalue weighted by molar-refractivity contribution is -0.145. The summed E-state index contributed by atoms with van der Waals surface area (Å²) in [5.41, 5.74) is 1.71. The summed E-state index contributed by atoms with van der Waals surface area (Å²) in [6.45, 7) is 1.19. The van der Waals surface area contributed by atoms with Crippen molar-refractivity contribution in [2.24, 2.45) is 0 Å². The first kappa shape index (κ1) is 19.7. The molecule has 0 bridgehead atoms. The maximum Gasteiger partial charge on any atom is 0.321 e. The Bertz CT molecular complexity index is 1050. The second kappa shape index (κ2) is 8.32. The van der Waals surface area contributed by atoms with E-state index >= 15 is 0 Å². The topological polar surface area (TPSA) is 103 Å². The van der Waals surface area contributed by atoms with Gasteiger partial charge in [0.25, 0.3) is 5.89 Å². The average Bonchev–Trinajstić information content (AvgIpc) is 3.16. The minimum Gasteiger partial charge on any atom is -0.455 e. The lowest BCUT2D eigenvalue weighted by Gasteiger charge is -2.16. The largest absolute Gasteiger partial charge is 0.455 e. The number of carbonyl (C=O) groups is 1. The van der Waals surface area contributed by atoms with Crippen LogP contribution in [-0.4, -0.2) is 42.4 Å². The fourth-order valence-electron chi connectivity index (χ4n) is 2.36. The third-order valence-corrected chi connectivity index (χ3v) is 5.76. The van der Waals surface area contributed by atoms with E-state index in [2.05, 4.69) is 10.1 Å². The molecular formula is C19H19N3O5S. The van der Waals surface area contributed by atoms with Gasteiger partial charge in [0.05, 0.1) is 4.90 Å². The normalized spacial score (nSPS) is 11.5. The summed E-state index contributed by atoms with van der Waals surface area (Å²) >= 11 is 0. The van der Waals surface area contributed by atoms with Gasteiger partial charge in [0.2, 0.25) is 15.8 Å². The van der Waals surface area contributed by atoms with Gasteiger partial charge in [-0.2, -0.15) is 9.29 Å². The van der Waals surface area contributed by atoms with Gasteiger partial charge in [-0.15, -0.1) is 0 Å². The molecule has 0 atom stereocenters. The zero-order valence-corrected chi connectivity index (χ0v) is 16.2. The number of nitrogens with zero attached hydrogens (tertiary/aromatic N) is 3. The monoisotopic (exact) mass is 401 g/mol. The summed E-state index contributed by atoms with van der Waals surface area (Å²) < 4.78 is 36.0. The van der Waals surface area contributed by atoms with Crippen molar-refractivity contribution in [2.45, 2.75) is 18.4 Å². The number of ether oxygens (including phenoxy) is 1. The Balaban J connectivity index is 1.57. The minimum atomic E-state index is -3.78. The number of hydrogen-bond donors (Lipinski definition) is 0. The summed E-state index contributed by atoms with van der Waals surface area (Å²) in [6.07, 6.45) is 0. The second-order valence-electron chi connectivity index (χ2n) is 6.11. The van der Waals surface area contributed by atoms with Gasteiger partial charge in [0.15, 0.2) is 6.61 Å². The van der Waals surface area contributed by atoms with Crippen LogP contribution >= 0.6 is 0 Å². The number of esters is 1. The lowest BCUT2D eigenvalue weighted by Crippen LogP contribution is -2.33. The van der Waals surface area contributed by atoms with Crippen LogP contribution in [0.15, 0.2) is 64.0 Å². The number of rotatable bonds is 7. The SMILES string of the molecule is Cc1ccc(S(=O)(=O)N(C)CC(=O)OCc2nc(-c3ccccc3)no2)cc1. The van der Waals surface area contributed by atoms with E-state index in [9.17, 15) is 13.2 Å². The number of sulfonamides is 1. The Hall–Kier alpha value is -3.04. The van der Waals surface area contributed by atoms with Crippen LogP contribution in [0, 0.1) is 6.92 Å². The third kappa shape index (κ3) is 4.62. The molecule has 8 nitrogen and oxygen atoms in total. The fourth-order valence-corrected chi connectivity index (χ4v) is 3.48. The number of aryl methyl sites for hydroxylation is 1. The van der Waals surface area contributed by atoms with E-state index in [1.165, 1.54) is 19.2 Å². The van der Waals surface area contributed by atoms with Crippen LogP contribution in [0.5, 0.6) is 0 Å². The molecule has 3 rings (SSSR count). The van der Waals surface area contributed by atoms with E-state index in [1.807, 2.05) is 37.3 Å². The van der Waals surface area contributed by atoms with Crippen molar-refractivity contribution in [3.63, 3.8) is 0 Å². The van der Waals surface area contributed by atoms with Gasteiger partial charge < -0.3 is 9.26 Å². The van der Waals surface area contributed by atoms with E-state index in [-0.39, 0.29) is 17.4 Å². The first-order valence-corrected chi connectivity index (χ1v) is 9.87. The molecule has 2 aromatic carbocycles. The molecule has 0 aliphatic carbocycles. The van der Waals surface area contributed by atoms with Crippen LogP contribution in [0.25, 0.3) is 11.4 Å². The first-order chi connectivity index (χ1) is 13.4. The van der Waals surface area contributed by atoms with Gasteiger partial charge in [-0.3, -0.25) is 4.79 Å². The maximum absolute atomic E-state index is 12.5. The number of likely N-dealkylation sites (N-methyl/N-ethyl adjacent to an activating group) is 1. The Morgan fingerprint density at radius 2 is 1.79 bits per heavy atom. The first-order valence-electron chi connectivity index (χ1n) is 8.43. The number of hydrogen-bond acceptors (Lipinski definition) is 7. The highest BCUT2D eigenvalue weighted by molar-refractivity contribution is 7.89. The molecule has 0 aliphatic heterocycles. The van der Waals surface area contributed by atoms with Crippen molar-refractivity contribution in [2.75, 3.05) is 13.6 Å². The zero-order valence-electron chi connectivity index (χ0n) is 15.4. The van der Waals surface area contributed by atoms with Gasteiger partial charge in [-0.25, -0.2) is 8.42 Å². The summed E-state index contributed by atoms with van der Waals surface area (Å²) in [5.74, 6) is -0.223. The van der Waals surface area contributed by atoms with Gasteiger partial charge in [0, 0.05) is 12.6 Å². The van der Waals surface area contributed by atoms with Gasteiger partial charge in [-0.1, -0.05) is 53.2 Å². The minimum absolute atomic E-state index is 0.109. The molecule has 1 heterocycles. The standard InChI is InChI=1S/C19H19N3O5S/c1-14-8-10-16(11-9-14)28(24,25)22(2)12-18(23)26-13-17-20-19(21-27-17)15-6-4-3-5-7-15/h3-11H,12-13H2,1-2H3. The van der Waals surface area contributed by atoms with E-state index in [0.29, 0.717) is 5.82 Å². The molecule has 1 aromatic heterocycles. The molecule has 9 heteroatoms. The van der Waals surface area contributed by atoms with Crippen LogP contribution in [0.3, 0.4) is 0 Å². The zero-order chi connectivity index (χ0) is 20.1. The quantitative estimate of drug-likeness (QED) is 0.560. The number of aromatic nitrogens is 2. The predicted molar refractivity (Wildman–Crippen MR) is 101 cm³/mol. The van der Waals surface area contributed by atoms with Crippen LogP contribution < -0.4 is 0 Å². The van der Waals surface area contributed by atoms with Crippen molar-refractivity contribution in [3.8, 4) is 11.4 Å². The van der Waals surface area contributed by atoms with Gasteiger partial charge in [-0.05, 0) is 19.1 Å². The van der Waals surface area contributed by atoms with Crippen LogP contribution in [0.2, 0.25) is 0 Å². The molecule has 0 saturated carbocycles. The fraction of sp³-hybridized carbons (Fsp3) is 0.211. The van der Waals surface area contributed by atoms with Crippen LogP contribution in [0.1, 0.15) is 11.5 Å². The van der Waals surface area contributed by atoms with E-state index < -0.39 is 22.5 Å². The smallest absolute Gasteiger partial charge is 0.321 e. The van der Waals surface area contributed by atoms with E-state index in [1.54, 1.807) is 12.1 Å². The maximum atomic E-state index is 12.5. The summed E-state index contributed by atoms with van der Waals surface area (Å²) in [5, 5.41) is 3.83. The molecule has 146 valence electrons. The highest BCUT2D eigenvalue weighted by Gasteiger charge is 2.23. The highest BCUT2D eigenvalue weighted by Crippen LogP contribution is 2.16. The molecule has 0 N–H and O–H groups in total. The molecule has 3 aromatic rings. The van der Waals surface area contributed by atoms with Crippen molar-refractivity contribution in [1.82, 2.24) is 14.4 Å². The Kier molecular flexibility index (Phi) is 5.86. The predicted octanol–water partition coefficient (Wildman–Crippen LogP) is 2.41. The summed E-state index contributed by atoms with van der Waals surface area (Å²) in [6, 6.07) is 15.6. The van der Waals surface area contributed by atoms with Crippen LogP contribution in [-0.2, 0) is 26.2 Å². The van der Waals surface area contributed by atoms with Crippen molar-refractivity contribution < 1.29 is 22.5 Å². The summed E-state index contributed by atoms with van der Waals surface area (Å²) in [7, 11) is -2.47. The van der Waals surface area contributed by atoms with Crippen molar-refractivity contribution in [3.05, 3.63) is 66.1 Å². The lowest BCUT2D eigenvalue weighted by atomic mass is 10.2. The Labute approximate surface area is 162 Å². The Morgan fingerprint density at radius 1 is 1.11 bits per heavy atom. The van der Waals surface area contributed by atoms with Crippen LogP contribution in [0.4, 0.5) is 0 Å². The van der Waals surface area contributed by atoms with E-state index in [4.69, 9.17) is 9.26 Å². The molecule has 0 amide bonds. The molecule has 0 saturated heterocycles. The molecule has 0 spiro atoms. The second-order valence-corrected chi connectivity index (χ2v) is 8.16. The summed E-state index contributed by atoms with van der Waals surface area (Å²) in [4.78, 5) is 16.3. The van der Waals surface area contributed by atoms with Crippen molar-refractivity contribution in [1.29, 1.82) is 0 Å². The van der Waals surface area contributed by atoms with E-state index in [0.717, 1.165) is 15.4 Å². The van der Waals surface area contributed by atoms with Gasteiger partial charge >= 0.3 is 5.97 Å². The number of carbonyl (C=O) groups excluding carboxylic acids is 1. The molecule has 28 heavy (non-hydrogen) atoms. The molecule has 0 radical (unpaired) electrons. The molecule has 0 fully saturated rings. The molecule has 0 unspecified atom stereocenters. The molecule has 0 aliphatic rings. The molecular weight excluding hydrogens is 382 g/mol.